The predicted molar refractivity (Wildman–Crippen MR) is 143 cm³/mol. The van der Waals surface area contributed by atoms with Gasteiger partial charge in [0.05, 0.1) is 5.69 Å². The molecule has 0 radical (unpaired) electrons. The molecule has 0 aliphatic rings. The number of amides is 1. The van der Waals surface area contributed by atoms with Gasteiger partial charge in [0.25, 0.3) is 0 Å². The van der Waals surface area contributed by atoms with Gasteiger partial charge in [0.15, 0.2) is 22.2 Å². The number of benzene rings is 2. The molecule has 0 spiro atoms. The van der Waals surface area contributed by atoms with E-state index in [1.165, 1.54) is 17.8 Å². The topological polar surface area (TPSA) is 67.0 Å². The average molecular weight is 516 g/mol. The molecule has 0 saturated carbocycles. The number of nitrogens with zero attached hydrogens (tertiary/aromatic N) is 1. The first-order chi connectivity index (χ1) is 17.4. The van der Waals surface area contributed by atoms with Crippen LogP contribution in [0.1, 0.15) is 71.3 Å². The maximum Gasteiger partial charge on any atom is 0.227 e. The van der Waals surface area contributed by atoms with Crippen LogP contribution in [0.3, 0.4) is 0 Å². The molecule has 2 N–H and O–H groups in total. The smallest absolute Gasteiger partial charge is 0.227 e. The Morgan fingerprint density at radius 2 is 1.75 bits per heavy atom. The van der Waals surface area contributed by atoms with E-state index in [2.05, 4.69) is 34.3 Å². The number of nitrogens with one attached hydrogen (secondary N) is 2. The second kappa shape index (κ2) is 15.1. The van der Waals surface area contributed by atoms with Crippen molar-refractivity contribution in [3.63, 3.8) is 0 Å². The molecule has 8 heteroatoms. The summed E-state index contributed by atoms with van der Waals surface area (Å²) in [7, 11) is 0. The monoisotopic (exact) mass is 515 g/mol. The number of hydrogen-bond acceptors (Lipinski definition) is 4. The zero-order valence-electron chi connectivity index (χ0n) is 21.3. The van der Waals surface area contributed by atoms with Crippen molar-refractivity contribution in [1.29, 1.82) is 0 Å². The Morgan fingerprint density at radius 1 is 1.06 bits per heavy atom. The highest BCUT2D eigenvalue weighted by Gasteiger charge is 2.24. The van der Waals surface area contributed by atoms with Crippen molar-refractivity contribution in [2.45, 2.75) is 65.7 Å². The van der Waals surface area contributed by atoms with Crippen molar-refractivity contribution >= 4 is 23.8 Å². The van der Waals surface area contributed by atoms with Crippen LogP contribution in [0.4, 0.5) is 14.5 Å². The van der Waals surface area contributed by atoms with Crippen LogP contribution in [0.25, 0.3) is 0 Å². The molecular formula is C28H35F2N3O2S. The maximum absolute atomic E-state index is 14.8. The van der Waals surface area contributed by atoms with Gasteiger partial charge in [0.1, 0.15) is 0 Å². The summed E-state index contributed by atoms with van der Waals surface area (Å²) in [6, 6.07) is 13.4. The van der Waals surface area contributed by atoms with Gasteiger partial charge in [-0.2, -0.15) is 0 Å². The molecule has 2 atom stereocenters. The van der Waals surface area contributed by atoms with E-state index in [0.717, 1.165) is 31.4 Å². The Kier molecular flexibility index (Phi) is 12.2. The fourth-order valence-corrected chi connectivity index (χ4v) is 4.17. The van der Waals surface area contributed by atoms with E-state index in [0.29, 0.717) is 12.8 Å². The number of H-pyrrole nitrogens is 1. The number of hydrogen-bond donors (Lipinski definition) is 2. The molecule has 1 heterocycles. The summed E-state index contributed by atoms with van der Waals surface area (Å²) < 4.78 is 34.9. The molecule has 0 saturated heterocycles. The highest BCUT2D eigenvalue weighted by atomic mass is 32.1. The molecule has 1 aromatic heterocycles. The molecule has 36 heavy (non-hydrogen) atoms. The van der Waals surface area contributed by atoms with Crippen molar-refractivity contribution in [3.8, 4) is 11.6 Å². The van der Waals surface area contributed by atoms with Crippen LogP contribution < -0.4 is 10.1 Å². The predicted octanol–water partition coefficient (Wildman–Crippen LogP) is 8.56. The number of carbonyl (C=O) groups excluding carboxylic acids is 1. The molecule has 0 aliphatic carbocycles. The third-order valence-electron chi connectivity index (χ3n) is 5.63. The number of aromatic nitrogens is 2. The van der Waals surface area contributed by atoms with E-state index in [1.54, 1.807) is 0 Å². The minimum atomic E-state index is -0.812. The summed E-state index contributed by atoms with van der Waals surface area (Å²) in [6.45, 7) is 8.13. The van der Waals surface area contributed by atoms with Crippen LogP contribution in [-0.4, -0.2) is 15.9 Å². The maximum atomic E-state index is 14.8. The van der Waals surface area contributed by atoms with Crippen LogP contribution in [0.5, 0.6) is 11.6 Å². The van der Waals surface area contributed by atoms with E-state index in [1.807, 2.05) is 39.0 Å². The molecule has 3 aromatic rings. The second-order valence-electron chi connectivity index (χ2n) is 8.21. The molecule has 2 unspecified atom stereocenters. The Bertz CT molecular complexity index is 1160. The van der Waals surface area contributed by atoms with Gasteiger partial charge >= 0.3 is 0 Å². The zero-order valence-corrected chi connectivity index (χ0v) is 22.1. The summed E-state index contributed by atoms with van der Waals surface area (Å²) in [5.41, 5.74) is 0.970. The lowest BCUT2D eigenvalue weighted by Gasteiger charge is -2.23. The summed E-state index contributed by atoms with van der Waals surface area (Å²) in [5.74, 6) is -2.22. The lowest BCUT2D eigenvalue weighted by Crippen LogP contribution is -2.25. The van der Waals surface area contributed by atoms with Gasteiger partial charge in [-0.1, -0.05) is 70.9 Å². The Labute approximate surface area is 217 Å². The van der Waals surface area contributed by atoms with Crippen LogP contribution in [0.2, 0.25) is 0 Å². The van der Waals surface area contributed by atoms with Crippen molar-refractivity contribution < 1.29 is 18.3 Å². The van der Waals surface area contributed by atoms with Crippen LogP contribution in [0, 0.1) is 22.3 Å². The third-order valence-corrected chi connectivity index (χ3v) is 5.84. The normalized spacial score (nSPS) is 12.2. The van der Waals surface area contributed by atoms with Crippen LogP contribution in [0.15, 0.2) is 54.7 Å². The van der Waals surface area contributed by atoms with E-state index in [-0.39, 0.29) is 39.8 Å². The molecular weight excluding hydrogens is 480 g/mol. The molecule has 2 aromatic carbocycles. The van der Waals surface area contributed by atoms with Crippen molar-refractivity contribution in [1.82, 2.24) is 9.97 Å². The van der Waals surface area contributed by atoms with Gasteiger partial charge in [-0.15, -0.1) is 0 Å². The Balaban J connectivity index is 0.00000222. The fourth-order valence-electron chi connectivity index (χ4n) is 4.01. The second-order valence-corrected chi connectivity index (χ2v) is 8.60. The number of halogens is 2. The highest BCUT2D eigenvalue weighted by molar-refractivity contribution is 7.71. The van der Waals surface area contributed by atoms with E-state index in [4.69, 9.17) is 17.0 Å². The molecule has 0 bridgehead atoms. The molecule has 3 rings (SSSR count). The molecule has 194 valence electrons. The third kappa shape index (κ3) is 8.52. The first kappa shape index (κ1) is 29.1. The summed E-state index contributed by atoms with van der Waals surface area (Å²) in [4.78, 5) is 19.6. The van der Waals surface area contributed by atoms with Crippen molar-refractivity contribution in [2.75, 3.05) is 5.32 Å². The number of aromatic amines is 1. The summed E-state index contributed by atoms with van der Waals surface area (Å²) >= 11 is 4.90. The highest BCUT2D eigenvalue weighted by Crippen LogP contribution is 2.32. The zero-order chi connectivity index (χ0) is 26.5. The number of carbonyl (C=O) groups is 1. The van der Waals surface area contributed by atoms with Gasteiger partial charge < -0.3 is 15.0 Å². The Morgan fingerprint density at radius 3 is 2.39 bits per heavy atom. The van der Waals surface area contributed by atoms with Gasteiger partial charge in [-0.05, 0) is 43.0 Å². The number of ether oxygens (including phenoxy) is 1. The number of rotatable bonds is 11. The summed E-state index contributed by atoms with van der Waals surface area (Å²) in [5, 5.41) is 2.59. The van der Waals surface area contributed by atoms with Crippen molar-refractivity contribution in [3.05, 3.63) is 76.7 Å². The lowest BCUT2D eigenvalue weighted by atomic mass is 9.83. The average Bonchev–Trinajstić information content (AvgIpc) is 2.88. The molecule has 1 amide bonds. The minimum Gasteiger partial charge on any atom is -0.438 e. The van der Waals surface area contributed by atoms with Crippen LogP contribution >= 0.6 is 12.2 Å². The van der Waals surface area contributed by atoms with Crippen molar-refractivity contribution in [2.24, 2.45) is 5.92 Å². The van der Waals surface area contributed by atoms with Gasteiger partial charge in [-0.3, -0.25) is 4.79 Å². The first-order valence-corrected chi connectivity index (χ1v) is 12.9. The lowest BCUT2D eigenvalue weighted by molar-refractivity contribution is -0.120. The molecule has 0 fully saturated rings. The largest absolute Gasteiger partial charge is 0.438 e. The van der Waals surface area contributed by atoms with Crippen LogP contribution in [-0.2, 0) is 4.79 Å². The minimum absolute atomic E-state index is 0.126. The standard InChI is InChI=1S/C26H29F2N3O2S.C2H6/c1-3-8-18(17-10-6-5-7-11-17)14-19(9-4-2)25(32)30-22-15-21(28)23(16-20(22)27)33-24-12-13-29-26(34)31-24;1-2/h5-7,10-13,15-16,18-19H,3-4,8-9,14H2,1-2H3,(H,30,32)(H,29,31,34);1-2H3. The SMILES string of the molecule is CC.CCCC(CC(CCC)c1ccccc1)C(=O)Nc1cc(F)c(Oc2ccnc(=S)[nH]2)cc1F. The van der Waals surface area contributed by atoms with Gasteiger partial charge in [-0.25, -0.2) is 13.8 Å². The van der Waals surface area contributed by atoms with Gasteiger partial charge in [0.2, 0.25) is 11.8 Å². The molecule has 0 aliphatic heterocycles. The fraction of sp³-hybridized carbons (Fsp3) is 0.393. The quantitative estimate of drug-likeness (QED) is 0.251. The van der Waals surface area contributed by atoms with E-state index in [9.17, 15) is 13.6 Å². The van der Waals surface area contributed by atoms with E-state index < -0.39 is 11.6 Å². The number of anilines is 1. The molecule has 5 nitrogen and oxygen atoms in total. The van der Waals surface area contributed by atoms with Gasteiger partial charge in [0, 0.05) is 30.3 Å². The van der Waals surface area contributed by atoms with E-state index >= 15 is 0 Å². The Hall–Kier alpha value is -3.13. The first-order valence-electron chi connectivity index (χ1n) is 12.5. The summed E-state index contributed by atoms with van der Waals surface area (Å²) in [6.07, 6.45) is 5.44.